The lowest BCUT2D eigenvalue weighted by atomic mass is 9.95. The van der Waals surface area contributed by atoms with Crippen LogP contribution in [-0.4, -0.2) is 58.3 Å². The van der Waals surface area contributed by atoms with E-state index in [-0.39, 0.29) is 31.2 Å². The van der Waals surface area contributed by atoms with Crippen LogP contribution in [0.2, 0.25) is 0 Å². The minimum Gasteiger partial charge on any atom is -0.435 e. The van der Waals surface area contributed by atoms with Gasteiger partial charge < -0.3 is 19.5 Å². The normalized spacial score (nSPS) is 12.8. The van der Waals surface area contributed by atoms with E-state index in [1.54, 1.807) is 6.92 Å². The van der Waals surface area contributed by atoms with E-state index < -0.39 is 40.6 Å². The maximum absolute atomic E-state index is 12.1. The summed E-state index contributed by atoms with van der Waals surface area (Å²) in [5.41, 5.74) is -1.29. The maximum atomic E-state index is 12.1. The van der Waals surface area contributed by atoms with Crippen molar-refractivity contribution in [1.29, 1.82) is 0 Å². The molecule has 0 aliphatic rings. The smallest absolute Gasteiger partial charge is 0.435 e. The van der Waals surface area contributed by atoms with Gasteiger partial charge in [-0.3, -0.25) is 13.8 Å². The Kier molecular flexibility index (Phi) is 10.2. The number of hydrogen-bond acceptors (Lipinski definition) is 9. The van der Waals surface area contributed by atoms with Gasteiger partial charge in [-0.1, -0.05) is 0 Å². The number of amides is 1. The summed E-state index contributed by atoms with van der Waals surface area (Å²) in [5.74, 6) is -1.37. The molecule has 1 unspecified atom stereocenters. The van der Waals surface area contributed by atoms with Gasteiger partial charge in [0.1, 0.15) is 0 Å². The lowest BCUT2D eigenvalue weighted by Crippen LogP contribution is -2.36. The Morgan fingerprint density at radius 1 is 1.15 bits per heavy atom. The molecule has 0 rings (SSSR count). The fourth-order valence-electron chi connectivity index (χ4n) is 1.49. The highest BCUT2D eigenvalue weighted by atomic mass is 32.2. The second-order valence-electron chi connectivity index (χ2n) is 6.02. The average Bonchev–Trinajstić information content (AvgIpc) is 2.49. The van der Waals surface area contributed by atoms with Gasteiger partial charge in [-0.2, -0.15) is 8.42 Å². The number of ether oxygens (including phenoxy) is 3. The maximum Gasteiger partial charge on any atom is 0.511 e. The van der Waals surface area contributed by atoms with Crippen LogP contribution in [0, 0.1) is 5.41 Å². The average molecular weight is 397 g/mol. The van der Waals surface area contributed by atoms with Crippen LogP contribution in [0.4, 0.5) is 4.79 Å². The van der Waals surface area contributed by atoms with Gasteiger partial charge in [-0.25, -0.2) is 4.79 Å². The van der Waals surface area contributed by atoms with Crippen molar-refractivity contribution in [2.24, 2.45) is 5.41 Å². The fraction of sp³-hybridized carbons (Fsp3) is 0.800. The second-order valence-corrected chi connectivity index (χ2v) is 7.78. The van der Waals surface area contributed by atoms with E-state index in [1.165, 1.54) is 27.7 Å². The van der Waals surface area contributed by atoms with Crippen LogP contribution < -0.4 is 5.32 Å². The van der Waals surface area contributed by atoms with E-state index >= 15 is 0 Å². The molecule has 0 aliphatic carbocycles. The summed E-state index contributed by atoms with van der Waals surface area (Å²) in [6.45, 7) is 6.97. The Hall–Kier alpha value is -1.88. The Labute approximate surface area is 153 Å². The quantitative estimate of drug-likeness (QED) is 0.234. The third-order valence-corrected chi connectivity index (χ3v) is 4.16. The first-order chi connectivity index (χ1) is 11.9. The predicted molar refractivity (Wildman–Crippen MR) is 90.5 cm³/mol. The molecule has 0 aromatic rings. The molecule has 152 valence electrons. The first-order valence-electron chi connectivity index (χ1n) is 8.05. The minimum absolute atomic E-state index is 0.110. The lowest BCUT2D eigenvalue weighted by Gasteiger charge is -2.24. The van der Waals surface area contributed by atoms with Crippen LogP contribution >= 0.6 is 0 Å². The van der Waals surface area contributed by atoms with Gasteiger partial charge in [0.05, 0.1) is 24.4 Å². The summed E-state index contributed by atoms with van der Waals surface area (Å²) in [6, 6.07) is 0. The molecule has 0 aromatic carbocycles. The van der Waals surface area contributed by atoms with Crippen LogP contribution in [0.1, 0.15) is 41.0 Å². The van der Waals surface area contributed by atoms with E-state index in [9.17, 15) is 22.8 Å². The van der Waals surface area contributed by atoms with Crippen molar-refractivity contribution in [2.75, 3.05) is 25.5 Å². The number of carbonyl (C=O) groups is 3. The van der Waals surface area contributed by atoms with Crippen molar-refractivity contribution in [2.45, 2.75) is 47.3 Å². The van der Waals surface area contributed by atoms with Crippen molar-refractivity contribution in [3.8, 4) is 0 Å². The van der Waals surface area contributed by atoms with Gasteiger partial charge in [0.2, 0.25) is 12.2 Å². The zero-order valence-electron chi connectivity index (χ0n) is 15.7. The van der Waals surface area contributed by atoms with Crippen LogP contribution in [0.25, 0.3) is 0 Å². The van der Waals surface area contributed by atoms with E-state index in [0.717, 1.165) is 0 Å². The Bertz CT molecular complexity index is 586. The Balaban J connectivity index is 4.42. The van der Waals surface area contributed by atoms with Gasteiger partial charge in [-0.15, -0.1) is 0 Å². The molecule has 0 radical (unpaired) electrons. The summed E-state index contributed by atoms with van der Waals surface area (Å²) in [7, 11) is -3.87. The van der Waals surface area contributed by atoms with E-state index in [1.807, 2.05) is 0 Å². The molecule has 0 saturated carbocycles. The third-order valence-electron chi connectivity index (χ3n) is 2.89. The Morgan fingerprint density at radius 3 is 2.31 bits per heavy atom. The first-order valence-corrected chi connectivity index (χ1v) is 9.63. The van der Waals surface area contributed by atoms with Crippen LogP contribution in [0.3, 0.4) is 0 Å². The van der Waals surface area contributed by atoms with Crippen LogP contribution in [0.5, 0.6) is 0 Å². The molecule has 0 aromatic heterocycles. The minimum atomic E-state index is -3.87. The second kappa shape index (κ2) is 11.0. The molecule has 0 saturated heterocycles. The zero-order chi connectivity index (χ0) is 20.4. The van der Waals surface area contributed by atoms with Crippen molar-refractivity contribution in [3.63, 3.8) is 0 Å². The zero-order valence-corrected chi connectivity index (χ0v) is 16.5. The number of hydrogen-bond donors (Lipinski definition) is 1. The van der Waals surface area contributed by atoms with Gasteiger partial charge in [0, 0.05) is 20.4 Å². The standard InChI is InChI=1S/C15H27NO9S/c1-6-22-14(19)25-12(3)24-13(18)15(4,5)10-23-26(20,21)9-7-8-16-11(2)17/h12H,6-10H2,1-5H3,(H,16,17). The molecule has 0 heterocycles. The molecule has 1 amide bonds. The van der Waals surface area contributed by atoms with Gasteiger partial charge in [0.15, 0.2) is 0 Å². The van der Waals surface area contributed by atoms with Gasteiger partial charge in [-0.05, 0) is 27.2 Å². The number of rotatable bonds is 11. The number of carbonyl (C=O) groups excluding carboxylic acids is 3. The fourth-order valence-corrected chi connectivity index (χ4v) is 2.58. The topological polar surface area (TPSA) is 134 Å². The van der Waals surface area contributed by atoms with Crippen molar-refractivity contribution < 1.29 is 41.2 Å². The van der Waals surface area contributed by atoms with E-state index in [0.29, 0.717) is 0 Å². The monoisotopic (exact) mass is 397 g/mol. The lowest BCUT2D eigenvalue weighted by molar-refractivity contribution is -0.179. The third kappa shape index (κ3) is 10.9. The largest absolute Gasteiger partial charge is 0.511 e. The van der Waals surface area contributed by atoms with E-state index in [2.05, 4.69) is 14.8 Å². The number of esters is 1. The molecule has 0 bridgehead atoms. The SMILES string of the molecule is CCOC(=O)OC(C)OC(=O)C(C)(C)COS(=O)(=O)CCCNC(C)=O. The molecular weight excluding hydrogens is 370 g/mol. The molecule has 0 spiro atoms. The molecule has 0 aliphatic heterocycles. The summed E-state index contributed by atoms with van der Waals surface area (Å²) >= 11 is 0. The predicted octanol–water partition coefficient (Wildman–Crippen LogP) is 0.948. The highest BCUT2D eigenvalue weighted by Crippen LogP contribution is 2.20. The molecule has 0 fully saturated rings. The van der Waals surface area contributed by atoms with Gasteiger partial charge in [0.25, 0.3) is 10.1 Å². The molecule has 1 N–H and O–H groups in total. The molecule has 26 heavy (non-hydrogen) atoms. The summed E-state index contributed by atoms with van der Waals surface area (Å²) in [4.78, 5) is 33.9. The molecule has 1 atom stereocenters. The van der Waals surface area contributed by atoms with Crippen LogP contribution in [0.15, 0.2) is 0 Å². The summed E-state index contributed by atoms with van der Waals surface area (Å²) in [5, 5.41) is 2.47. The summed E-state index contributed by atoms with van der Waals surface area (Å²) in [6.07, 6.45) is -2.00. The number of nitrogens with one attached hydrogen (secondary N) is 1. The highest BCUT2D eigenvalue weighted by Gasteiger charge is 2.33. The van der Waals surface area contributed by atoms with E-state index in [4.69, 9.17) is 8.92 Å². The molecule has 11 heteroatoms. The van der Waals surface area contributed by atoms with Crippen molar-refractivity contribution >= 4 is 28.1 Å². The first kappa shape index (κ1) is 24.1. The van der Waals surface area contributed by atoms with Gasteiger partial charge >= 0.3 is 12.1 Å². The molecule has 10 nitrogen and oxygen atoms in total. The van der Waals surface area contributed by atoms with Crippen molar-refractivity contribution in [3.05, 3.63) is 0 Å². The highest BCUT2D eigenvalue weighted by molar-refractivity contribution is 7.86. The Morgan fingerprint density at radius 2 is 1.77 bits per heavy atom. The van der Waals surface area contributed by atoms with Crippen molar-refractivity contribution in [1.82, 2.24) is 5.32 Å². The molecular formula is C15H27NO9S. The van der Waals surface area contributed by atoms with Crippen LogP contribution in [-0.2, 0) is 38.1 Å². The summed E-state index contributed by atoms with van der Waals surface area (Å²) < 4.78 is 42.6.